The monoisotopic (exact) mass is 868 g/mol. The van der Waals surface area contributed by atoms with E-state index in [1.807, 2.05) is 80.6 Å². The molecule has 0 radical (unpaired) electrons. The van der Waals surface area contributed by atoms with Crippen LogP contribution in [0.15, 0.2) is 84.9 Å². The lowest BCUT2D eigenvalue weighted by Gasteiger charge is -2.44. The van der Waals surface area contributed by atoms with Gasteiger partial charge in [0.1, 0.15) is 54.2 Å². The van der Waals surface area contributed by atoms with Crippen molar-refractivity contribution in [3.63, 3.8) is 0 Å². The lowest BCUT2D eigenvalue weighted by atomic mass is 9.84. The fourth-order valence-electron chi connectivity index (χ4n) is 7.61. The van der Waals surface area contributed by atoms with E-state index in [-0.39, 0.29) is 12.0 Å². The smallest absolute Gasteiger partial charge is 0.303 e. The molecule has 2 aliphatic heterocycles. The molecule has 2 aliphatic rings. The predicted molar refractivity (Wildman–Crippen MR) is 225 cm³/mol. The summed E-state index contributed by atoms with van der Waals surface area (Å²) in [5.41, 5.74) is 5.28. The van der Waals surface area contributed by atoms with Crippen molar-refractivity contribution in [3.8, 4) is 11.5 Å². The highest BCUT2D eigenvalue weighted by Crippen LogP contribution is 2.41. The maximum Gasteiger partial charge on any atom is 0.303 e. The van der Waals surface area contributed by atoms with Gasteiger partial charge in [-0.25, -0.2) is 0 Å². The van der Waals surface area contributed by atoms with E-state index < -0.39 is 67.4 Å². The molecular weight excluding hydrogens is 815 g/mol. The average molecular weight is 870 g/mol. The van der Waals surface area contributed by atoms with E-state index in [4.69, 9.17) is 51.6 Å². The third kappa shape index (κ3) is 11.6. The summed E-state index contributed by atoms with van der Waals surface area (Å²) in [7, 11) is 3.24. The fraction of sp³-hybridized carbons (Fsp3) is 0.435. The fourth-order valence-corrected chi connectivity index (χ4v) is 7.98. The van der Waals surface area contributed by atoms with Crippen LogP contribution in [0.1, 0.15) is 79.7 Å². The summed E-state index contributed by atoms with van der Waals surface area (Å²) in [5, 5.41) is 40.8. The van der Waals surface area contributed by atoms with Crippen molar-refractivity contribution in [2.24, 2.45) is 5.92 Å². The van der Waals surface area contributed by atoms with Crippen LogP contribution in [-0.2, 0) is 41.4 Å². The molecule has 2 saturated heterocycles. The first-order valence-corrected chi connectivity index (χ1v) is 20.6. The van der Waals surface area contributed by atoms with Gasteiger partial charge in [-0.15, -0.1) is 0 Å². The Bertz CT molecular complexity index is 2020. The lowest BCUT2D eigenvalue weighted by molar-refractivity contribution is -0.231. The van der Waals surface area contributed by atoms with E-state index in [1.165, 1.54) is 13.8 Å². The van der Waals surface area contributed by atoms with Crippen molar-refractivity contribution in [1.29, 1.82) is 0 Å². The van der Waals surface area contributed by atoms with Crippen LogP contribution >= 0.6 is 23.2 Å². The van der Waals surface area contributed by atoms with Crippen LogP contribution in [-0.4, -0.2) is 95.9 Å². The summed E-state index contributed by atoms with van der Waals surface area (Å²) in [4.78, 5) is 23.8. The van der Waals surface area contributed by atoms with E-state index in [1.54, 1.807) is 32.4 Å². The minimum Gasteiger partial charge on any atom is -0.497 e. The molecular formula is C46H54Cl2O12. The first kappa shape index (κ1) is 46.8. The molecule has 6 rings (SSSR count). The highest BCUT2D eigenvalue weighted by molar-refractivity contribution is 6.31. The van der Waals surface area contributed by atoms with Crippen LogP contribution in [0.5, 0.6) is 11.5 Å². The van der Waals surface area contributed by atoms with Gasteiger partial charge in [0.15, 0.2) is 6.10 Å². The van der Waals surface area contributed by atoms with Crippen molar-refractivity contribution < 1.29 is 58.4 Å². The molecule has 2 fully saturated rings. The Hall–Kier alpha value is -4.24. The molecule has 10 atom stereocenters. The van der Waals surface area contributed by atoms with Gasteiger partial charge in [0.05, 0.1) is 26.9 Å². The highest BCUT2D eigenvalue weighted by atomic mass is 35.5. The zero-order chi connectivity index (χ0) is 43.7. The Morgan fingerprint density at radius 1 is 0.633 bits per heavy atom. The van der Waals surface area contributed by atoms with Crippen molar-refractivity contribution in [2.75, 3.05) is 20.8 Å². The number of esters is 2. The number of rotatable bonds is 12. The topological polar surface area (TPSA) is 170 Å². The van der Waals surface area contributed by atoms with E-state index in [0.717, 1.165) is 45.7 Å². The zero-order valence-electron chi connectivity index (χ0n) is 34.5. The summed E-state index contributed by atoms with van der Waals surface area (Å²) in [6.45, 7) is 6.21. The van der Waals surface area contributed by atoms with Crippen LogP contribution in [0.4, 0.5) is 0 Å². The molecule has 0 bridgehead atoms. The van der Waals surface area contributed by atoms with E-state index >= 15 is 0 Å². The van der Waals surface area contributed by atoms with Crippen LogP contribution in [0.2, 0.25) is 10.0 Å². The Labute approximate surface area is 360 Å². The van der Waals surface area contributed by atoms with E-state index in [0.29, 0.717) is 28.5 Å². The predicted octanol–water partition coefficient (Wildman–Crippen LogP) is 6.74. The number of carbonyl (C=O) groups is 2. The standard InChI is InChI=1S/C26H31ClO6.C20H23ClO6/c1-6-23-15(2)24(31-16(3)28)26(32-17(4)29)25(33-23)19-9-12-22(27)20(14-19)13-18-7-10-21(30-5)11-8-18;1-26-14-5-2-11(3-6-14)8-13-9-12(4-7-15(13)21)20-19(25)18(24)17(23)16(10-22)27-20/h7-12,14-15,23-26H,6,13H2,1-5H3;2-7,9,16-20,22-25H,8,10H2,1H3/t15-,23-,24+,25+,26-;16-,17-,18+,19-,20+/m11/s1. The van der Waals surface area contributed by atoms with Gasteiger partial charge in [-0.05, 0) is 89.0 Å². The van der Waals surface area contributed by atoms with Crippen molar-refractivity contribution in [3.05, 3.63) is 128 Å². The zero-order valence-corrected chi connectivity index (χ0v) is 36.0. The van der Waals surface area contributed by atoms with Crippen LogP contribution in [0.3, 0.4) is 0 Å². The van der Waals surface area contributed by atoms with Crippen molar-refractivity contribution in [1.82, 2.24) is 0 Å². The number of hydrogen-bond donors (Lipinski definition) is 4. The lowest BCUT2D eigenvalue weighted by Crippen LogP contribution is -2.55. The molecule has 60 heavy (non-hydrogen) atoms. The molecule has 0 saturated carbocycles. The Balaban J connectivity index is 0.000000232. The molecule has 0 amide bonds. The number of aliphatic hydroxyl groups excluding tert-OH is 4. The number of methoxy groups -OCH3 is 2. The number of hydrogen-bond acceptors (Lipinski definition) is 12. The summed E-state index contributed by atoms with van der Waals surface area (Å²) in [6.07, 6.45) is -6.17. The number of carbonyl (C=O) groups excluding carboxylic acids is 2. The van der Waals surface area contributed by atoms with Crippen molar-refractivity contribution >= 4 is 35.1 Å². The normalized spacial score (nSPS) is 26.3. The number of ether oxygens (including phenoxy) is 6. The van der Waals surface area contributed by atoms with E-state index in [2.05, 4.69) is 0 Å². The summed E-state index contributed by atoms with van der Waals surface area (Å²) in [5.74, 6) is 0.538. The molecule has 12 nitrogen and oxygen atoms in total. The van der Waals surface area contributed by atoms with Crippen LogP contribution in [0, 0.1) is 5.92 Å². The molecule has 14 heteroatoms. The van der Waals surface area contributed by atoms with Crippen LogP contribution < -0.4 is 9.47 Å². The summed E-state index contributed by atoms with van der Waals surface area (Å²) < 4.78 is 33.7. The summed E-state index contributed by atoms with van der Waals surface area (Å²) >= 11 is 12.9. The first-order chi connectivity index (χ1) is 28.7. The maximum absolute atomic E-state index is 11.9. The van der Waals surface area contributed by atoms with Crippen molar-refractivity contribution in [2.45, 2.75) is 102 Å². The number of benzene rings is 4. The molecule has 2 heterocycles. The van der Waals surface area contributed by atoms with Crippen LogP contribution in [0.25, 0.3) is 0 Å². The van der Waals surface area contributed by atoms with Gasteiger partial charge in [-0.1, -0.05) is 85.6 Å². The second-order valence-corrected chi connectivity index (χ2v) is 15.8. The van der Waals surface area contributed by atoms with E-state index in [9.17, 15) is 30.0 Å². The molecule has 324 valence electrons. The first-order valence-electron chi connectivity index (χ1n) is 19.8. The van der Waals surface area contributed by atoms with Gasteiger partial charge in [0.2, 0.25) is 0 Å². The quantitative estimate of drug-likeness (QED) is 0.111. The third-order valence-electron chi connectivity index (χ3n) is 10.9. The minimum absolute atomic E-state index is 0.134. The molecule has 0 unspecified atom stereocenters. The van der Waals surface area contributed by atoms with Gasteiger partial charge in [0, 0.05) is 29.8 Å². The SMILES string of the molecule is CC[C@H]1O[C@@H](c2ccc(Cl)c(Cc3ccc(OC)cc3)c2)[C@H](OC(C)=O)[C@@H](OC(C)=O)[C@@H]1C.COc1ccc(Cc2cc([C@@H]3O[C@H](CO)[C@@H](O)[C@H](O)[C@H]3O)ccc2Cl)cc1. The Morgan fingerprint density at radius 2 is 1.08 bits per heavy atom. The Kier molecular flexibility index (Phi) is 16.8. The third-order valence-corrected chi connectivity index (χ3v) is 11.6. The number of halogens is 2. The largest absolute Gasteiger partial charge is 0.497 e. The average Bonchev–Trinajstić information content (AvgIpc) is 3.24. The van der Waals surface area contributed by atoms with Gasteiger partial charge >= 0.3 is 11.9 Å². The molecule has 0 aromatic heterocycles. The Morgan fingerprint density at radius 3 is 1.52 bits per heavy atom. The van der Waals surface area contributed by atoms with Gasteiger partial charge in [-0.2, -0.15) is 0 Å². The molecule has 4 N–H and O–H groups in total. The minimum atomic E-state index is -1.42. The molecule has 4 aromatic rings. The maximum atomic E-state index is 11.9. The molecule has 0 aliphatic carbocycles. The molecule has 0 spiro atoms. The highest BCUT2D eigenvalue weighted by Gasteiger charge is 2.48. The van der Waals surface area contributed by atoms with Gasteiger partial charge in [-0.3, -0.25) is 9.59 Å². The summed E-state index contributed by atoms with van der Waals surface area (Å²) in [6, 6.07) is 26.3. The second kappa shape index (κ2) is 21.5. The van der Waals surface area contributed by atoms with Gasteiger partial charge < -0.3 is 48.8 Å². The molecule has 4 aromatic carbocycles. The van der Waals surface area contributed by atoms with Gasteiger partial charge in [0.25, 0.3) is 0 Å². The second-order valence-electron chi connectivity index (χ2n) is 15.0. The number of aliphatic hydroxyl groups is 4.